The molecule has 6 rings (SSSR count). The molecule has 0 aliphatic carbocycles. The number of piperidine rings is 2. The first-order valence-electron chi connectivity index (χ1n) is 15.8. The first-order chi connectivity index (χ1) is 20.7. The number of benzene rings is 3. The van der Waals surface area contributed by atoms with E-state index in [1.54, 1.807) is 7.11 Å². The molecule has 0 saturated carbocycles. The van der Waals surface area contributed by atoms with Crippen molar-refractivity contribution in [1.29, 1.82) is 0 Å². The summed E-state index contributed by atoms with van der Waals surface area (Å²) < 4.78 is 6.44. The van der Waals surface area contributed by atoms with Gasteiger partial charge in [-0.1, -0.05) is 65.7 Å². The number of ether oxygens (including phenoxy) is 1. The van der Waals surface area contributed by atoms with Crippen LogP contribution in [0.4, 0.5) is 0 Å². The third-order valence-corrected chi connectivity index (χ3v) is 11.5. The normalized spacial score (nSPS) is 24.3. The molecule has 5 nitrogen and oxygen atoms in total. The predicted molar refractivity (Wildman–Crippen MR) is 175 cm³/mol. The topological polar surface area (TPSA) is 41.6 Å². The SMILES string of the molecule is COc1cccc(CC(=O)N2CCC(CC[N+]3(C)CCC4(CC3)NCCc3ccccc34)(c3ccc(Cl)c(Cl)c3)CC2)c1.[I-]. The molecule has 1 N–H and O–H groups in total. The van der Waals surface area contributed by atoms with Crippen LogP contribution >= 0.6 is 23.2 Å². The van der Waals surface area contributed by atoms with Crippen LogP contribution in [0.15, 0.2) is 66.7 Å². The molecule has 2 saturated heterocycles. The highest BCUT2D eigenvalue weighted by molar-refractivity contribution is 6.42. The van der Waals surface area contributed by atoms with E-state index in [0.29, 0.717) is 16.5 Å². The number of amides is 1. The Hall–Kier alpha value is -1.84. The minimum absolute atomic E-state index is 0. The third-order valence-electron chi connectivity index (χ3n) is 10.8. The molecule has 236 valence electrons. The van der Waals surface area contributed by atoms with E-state index in [1.165, 1.54) is 16.7 Å². The van der Waals surface area contributed by atoms with Crippen LogP contribution in [0.1, 0.15) is 54.4 Å². The summed E-state index contributed by atoms with van der Waals surface area (Å²) >= 11 is 12.9. The molecule has 44 heavy (non-hydrogen) atoms. The van der Waals surface area contributed by atoms with Crippen molar-refractivity contribution in [3.05, 3.63) is 99.0 Å². The molecular formula is C36H44Cl2IN3O2. The standard InChI is InChI=1S/C36H44Cl2N3O2.HI/c1-41(22-16-36(17-23-41)31-9-4-3-7-28(31)12-18-39-36)21-15-35(29-10-11-32(37)33(38)26-29)13-19-40(20-14-35)34(42)25-27-6-5-8-30(24-27)43-2;/h3-11,24,26,39H,12-23,25H2,1-2H3;1H/q+1;/p-1. The number of hydrogen-bond donors (Lipinski definition) is 1. The van der Waals surface area contributed by atoms with Crippen molar-refractivity contribution >= 4 is 29.1 Å². The highest BCUT2D eigenvalue weighted by atomic mass is 127. The van der Waals surface area contributed by atoms with Gasteiger partial charge in [0.15, 0.2) is 0 Å². The molecule has 1 amide bonds. The maximum atomic E-state index is 13.3. The summed E-state index contributed by atoms with van der Waals surface area (Å²) in [6, 6.07) is 23.0. The summed E-state index contributed by atoms with van der Waals surface area (Å²) in [5, 5.41) is 5.13. The summed E-state index contributed by atoms with van der Waals surface area (Å²) in [7, 11) is 4.10. The lowest BCUT2D eigenvalue weighted by Crippen LogP contribution is -3.00. The van der Waals surface area contributed by atoms with Gasteiger partial charge >= 0.3 is 0 Å². The summed E-state index contributed by atoms with van der Waals surface area (Å²) in [5.41, 5.74) is 5.36. The second-order valence-electron chi connectivity index (χ2n) is 13.3. The fourth-order valence-corrected chi connectivity index (χ4v) is 8.11. The van der Waals surface area contributed by atoms with Crippen LogP contribution in [0.25, 0.3) is 0 Å². The molecular weight excluding hydrogens is 704 g/mol. The molecule has 2 fully saturated rings. The number of methoxy groups -OCH3 is 1. The van der Waals surface area contributed by atoms with Gasteiger partial charge in [-0.15, -0.1) is 0 Å². The van der Waals surface area contributed by atoms with Crippen LogP contribution in [-0.4, -0.2) is 68.7 Å². The van der Waals surface area contributed by atoms with E-state index in [2.05, 4.69) is 48.8 Å². The molecule has 1 spiro atoms. The monoisotopic (exact) mass is 747 g/mol. The Labute approximate surface area is 289 Å². The number of nitrogens with zero attached hydrogens (tertiary/aromatic N) is 2. The van der Waals surface area contributed by atoms with Crippen molar-refractivity contribution in [3.8, 4) is 5.75 Å². The van der Waals surface area contributed by atoms with Crippen LogP contribution in [0.3, 0.4) is 0 Å². The molecule has 0 atom stereocenters. The van der Waals surface area contributed by atoms with Crippen molar-refractivity contribution in [2.75, 3.05) is 53.4 Å². The number of likely N-dealkylation sites (tertiary alicyclic amines) is 2. The van der Waals surface area contributed by atoms with Gasteiger partial charge < -0.3 is 43.4 Å². The van der Waals surface area contributed by atoms with Crippen LogP contribution in [0, 0.1) is 0 Å². The van der Waals surface area contributed by atoms with E-state index in [9.17, 15) is 4.79 Å². The molecule has 3 aromatic rings. The fourth-order valence-electron chi connectivity index (χ4n) is 7.81. The van der Waals surface area contributed by atoms with Crippen molar-refractivity contribution in [2.45, 2.75) is 55.9 Å². The lowest BCUT2D eigenvalue weighted by Gasteiger charge is -2.51. The second-order valence-corrected chi connectivity index (χ2v) is 14.1. The van der Waals surface area contributed by atoms with Gasteiger partial charge in [-0.25, -0.2) is 0 Å². The lowest BCUT2D eigenvalue weighted by molar-refractivity contribution is -0.916. The zero-order valence-corrected chi connectivity index (χ0v) is 29.6. The van der Waals surface area contributed by atoms with Gasteiger partial charge in [0.25, 0.3) is 0 Å². The molecule has 0 radical (unpaired) electrons. The highest BCUT2D eigenvalue weighted by Gasteiger charge is 2.45. The largest absolute Gasteiger partial charge is 1.00 e. The van der Waals surface area contributed by atoms with E-state index < -0.39 is 0 Å². The smallest absolute Gasteiger partial charge is 0.226 e. The highest BCUT2D eigenvalue weighted by Crippen LogP contribution is 2.43. The third kappa shape index (κ3) is 6.95. The fraction of sp³-hybridized carbons (Fsp3) is 0.472. The predicted octanol–water partition coefficient (Wildman–Crippen LogP) is 3.78. The Morgan fingerprint density at radius 2 is 1.70 bits per heavy atom. The Morgan fingerprint density at radius 3 is 2.43 bits per heavy atom. The van der Waals surface area contributed by atoms with Gasteiger partial charge in [0.2, 0.25) is 5.91 Å². The van der Waals surface area contributed by atoms with Gasteiger partial charge in [-0.3, -0.25) is 4.79 Å². The van der Waals surface area contributed by atoms with Crippen molar-refractivity contribution in [2.24, 2.45) is 0 Å². The van der Waals surface area contributed by atoms with E-state index in [-0.39, 0.29) is 40.8 Å². The number of quaternary nitrogens is 1. The van der Waals surface area contributed by atoms with Gasteiger partial charge in [-0.05, 0) is 65.8 Å². The Kier molecular flexibility index (Phi) is 10.6. The molecule has 3 aliphatic heterocycles. The van der Waals surface area contributed by atoms with Crippen LogP contribution in [0.5, 0.6) is 5.75 Å². The molecule has 3 aromatic carbocycles. The van der Waals surface area contributed by atoms with Gasteiger partial charge in [0.1, 0.15) is 5.75 Å². The second kappa shape index (κ2) is 13.9. The number of carbonyl (C=O) groups excluding carboxylic acids is 1. The van der Waals surface area contributed by atoms with E-state index in [1.807, 2.05) is 35.2 Å². The van der Waals surface area contributed by atoms with Crippen molar-refractivity contribution in [3.63, 3.8) is 0 Å². The zero-order valence-electron chi connectivity index (χ0n) is 25.9. The average Bonchev–Trinajstić information content (AvgIpc) is 3.03. The Balaban J connectivity index is 0.00000384. The van der Waals surface area contributed by atoms with Crippen LogP contribution < -0.4 is 34.0 Å². The number of rotatable bonds is 7. The van der Waals surface area contributed by atoms with Crippen LogP contribution in [-0.2, 0) is 28.6 Å². The van der Waals surface area contributed by atoms with E-state index in [0.717, 1.165) is 93.6 Å². The Bertz CT molecular complexity index is 1470. The first-order valence-corrected chi connectivity index (χ1v) is 16.5. The average molecular weight is 749 g/mol. The maximum Gasteiger partial charge on any atom is 0.226 e. The first kappa shape index (κ1) is 33.5. The van der Waals surface area contributed by atoms with Crippen molar-refractivity contribution < 1.29 is 38.0 Å². The summed E-state index contributed by atoms with van der Waals surface area (Å²) in [6.45, 7) is 5.98. The number of nitrogens with one attached hydrogen (secondary N) is 1. The van der Waals surface area contributed by atoms with E-state index in [4.69, 9.17) is 27.9 Å². The molecule has 3 aliphatic rings. The zero-order chi connectivity index (χ0) is 30.1. The quantitative estimate of drug-likeness (QED) is 0.296. The summed E-state index contributed by atoms with van der Waals surface area (Å²) in [4.78, 5) is 15.4. The van der Waals surface area contributed by atoms with E-state index >= 15 is 0 Å². The molecule has 0 unspecified atom stereocenters. The van der Waals surface area contributed by atoms with Gasteiger partial charge in [0, 0.05) is 44.3 Å². The summed E-state index contributed by atoms with van der Waals surface area (Å²) in [6.07, 6.45) is 6.75. The number of hydrogen-bond acceptors (Lipinski definition) is 3. The summed E-state index contributed by atoms with van der Waals surface area (Å²) in [5.74, 6) is 0.961. The van der Waals surface area contributed by atoms with Gasteiger partial charge in [0.05, 0.1) is 55.8 Å². The number of fused-ring (bicyclic) bond motifs is 2. The van der Waals surface area contributed by atoms with Gasteiger partial charge in [-0.2, -0.15) is 0 Å². The molecule has 0 bridgehead atoms. The molecule has 8 heteroatoms. The van der Waals surface area contributed by atoms with Crippen LogP contribution in [0.2, 0.25) is 10.0 Å². The Morgan fingerprint density at radius 1 is 0.955 bits per heavy atom. The minimum atomic E-state index is -0.0347. The lowest BCUT2D eigenvalue weighted by atomic mass is 9.69. The van der Waals surface area contributed by atoms with Crippen molar-refractivity contribution in [1.82, 2.24) is 10.2 Å². The number of halogens is 3. The minimum Gasteiger partial charge on any atom is -1.00 e. The molecule has 0 aromatic heterocycles. The number of carbonyl (C=O) groups is 1. The molecule has 3 heterocycles. The maximum absolute atomic E-state index is 13.3.